The number of carbonyl (C=O) groups excluding carboxylic acids is 1. The minimum atomic E-state index is -0.0797. The number of amides is 2. The predicted octanol–water partition coefficient (Wildman–Crippen LogP) is 3.16. The highest BCUT2D eigenvalue weighted by atomic mass is 16.5. The largest absolute Gasteiger partial charge is 0.370 e. The topological polar surface area (TPSA) is 59.4 Å². The first-order chi connectivity index (χ1) is 13.3. The summed E-state index contributed by atoms with van der Waals surface area (Å²) >= 11 is 0. The number of ether oxygens (including phenoxy) is 1. The second kappa shape index (κ2) is 8.05. The second-order valence-corrected chi connectivity index (χ2v) is 6.47. The molecule has 1 aliphatic rings. The lowest BCUT2D eigenvalue weighted by atomic mass is 10.1. The van der Waals surface area contributed by atoms with Crippen molar-refractivity contribution in [3.05, 3.63) is 84.4 Å². The van der Waals surface area contributed by atoms with Crippen molar-refractivity contribution < 1.29 is 9.53 Å². The Balaban J connectivity index is 1.40. The smallest absolute Gasteiger partial charge is 0.317 e. The minimum absolute atomic E-state index is 0.0698. The van der Waals surface area contributed by atoms with Crippen LogP contribution >= 0.6 is 0 Å². The minimum Gasteiger partial charge on any atom is -0.370 e. The molecule has 0 saturated carbocycles. The maximum atomic E-state index is 12.7. The summed E-state index contributed by atoms with van der Waals surface area (Å²) in [4.78, 5) is 18.6. The molecule has 1 fully saturated rings. The number of benzene rings is 2. The zero-order chi connectivity index (χ0) is 18.5. The third-order valence-corrected chi connectivity index (χ3v) is 4.73. The van der Waals surface area contributed by atoms with Gasteiger partial charge in [-0.15, -0.1) is 0 Å². The first kappa shape index (κ1) is 17.3. The van der Waals surface area contributed by atoms with E-state index in [0.717, 1.165) is 16.8 Å². The van der Waals surface area contributed by atoms with E-state index >= 15 is 0 Å². The molecule has 0 unspecified atom stereocenters. The van der Waals surface area contributed by atoms with Crippen molar-refractivity contribution in [1.82, 2.24) is 19.8 Å². The van der Waals surface area contributed by atoms with Gasteiger partial charge in [-0.05, 0) is 17.2 Å². The molecule has 138 valence electrons. The van der Waals surface area contributed by atoms with Gasteiger partial charge >= 0.3 is 6.03 Å². The van der Waals surface area contributed by atoms with E-state index in [4.69, 9.17) is 4.74 Å². The SMILES string of the molecule is O=C(NCc1ccccc1-n1ccnc1)N1CCO[C@H](c2ccccc2)C1. The summed E-state index contributed by atoms with van der Waals surface area (Å²) < 4.78 is 7.79. The first-order valence-corrected chi connectivity index (χ1v) is 9.07. The summed E-state index contributed by atoms with van der Waals surface area (Å²) in [5.74, 6) is 0. The number of nitrogens with zero attached hydrogens (tertiary/aromatic N) is 3. The highest BCUT2D eigenvalue weighted by molar-refractivity contribution is 5.74. The van der Waals surface area contributed by atoms with Gasteiger partial charge in [0, 0.05) is 25.5 Å². The van der Waals surface area contributed by atoms with Gasteiger partial charge in [-0.1, -0.05) is 48.5 Å². The Hall–Kier alpha value is -3.12. The number of morpholine rings is 1. The van der Waals surface area contributed by atoms with Gasteiger partial charge in [0.1, 0.15) is 6.10 Å². The molecule has 2 amide bonds. The fourth-order valence-electron chi connectivity index (χ4n) is 3.30. The maximum Gasteiger partial charge on any atom is 0.317 e. The van der Waals surface area contributed by atoms with Gasteiger partial charge in [0.2, 0.25) is 0 Å². The van der Waals surface area contributed by atoms with Crippen LogP contribution in [0.1, 0.15) is 17.2 Å². The van der Waals surface area contributed by atoms with E-state index in [0.29, 0.717) is 26.2 Å². The number of hydrogen-bond donors (Lipinski definition) is 1. The normalized spacial score (nSPS) is 16.9. The number of carbonyl (C=O) groups is 1. The molecule has 1 N–H and O–H groups in total. The number of rotatable bonds is 4. The van der Waals surface area contributed by atoms with Gasteiger partial charge in [0.05, 0.1) is 25.2 Å². The summed E-state index contributed by atoms with van der Waals surface area (Å²) in [5.41, 5.74) is 3.15. The van der Waals surface area contributed by atoms with Crippen LogP contribution in [0.3, 0.4) is 0 Å². The fourth-order valence-corrected chi connectivity index (χ4v) is 3.30. The molecule has 0 spiro atoms. The molecule has 0 aliphatic carbocycles. The van der Waals surface area contributed by atoms with Crippen LogP contribution in [-0.2, 0) is 11.3 Å². The summed E-state index contributed by atoms with van der Waals surface area (Å²) in [6.07, 6.45) is 5.32. The third kappa shape index (κ3) is 4.01. The number of nitrogens with one attached hydrogen (secondary N) is 1. The molecule has 0 bridgehead atoms. The zero-order valence-corrected chi connectivity index (χ0v) is 15.0. The Morgan fingerprint density at radius 2 is 1.96 bits per heavy atom. The summed E-state index contributed by atoms with van der Waals surface area (Å²) in [5, 5.41) is 3.04. The van der Waals surface area contributed by atoms with Crippen molar-refractivity contribution in [2.24, 2.45) is 0 Å². The van der Waals surface area contributed by atoms with E-state index in [1.165, 1.54) is 0 Å². The molecular weight excluding hydrogens is 340 g/mol. The highest BCUT2D eigenvalue weighted by Gasteiger charge is 2.25. The van der Waals surface area contributed by atoms with Crippen LogP contribution in [0.5, 0.6) is 0 Å². The molecule has 1 aromatic heterocycles. The third-order valence-electron chi connectivity index (χ3n) is 4.73. The van der Waals surface area contributed by atoms with Crippen molar-refractivity contribution in [2.75, 3.05) is 19.7 Å². The molecule has 2 heterocycles. The van der Waals surface area contributed by atoms with Crippen LogP contribution < -0.4 is 5.32 Å². The molecule has 6 nitrogen and oxygen atoms in total. The standard InChI is InChI=1S/C21H22N4O2/c26-21(24-12-13-27-20(15-24)17-6-2-1-3-7-17)23-14-18-8-4-5-9-19(18)25-11-10-22-16-25/h1-11,16,20H,12-15H2,(H,23,26)/t20-/m0/s1. The van der Waals surface area contributed by atoms with Crippen molar-refractivity contribution in [3.8, 4) is 5.69 Å². The van der Waals surface area contributed by atoms with E-state index in [1.54, 1.807) is 12.5 Å². The molecule has 27 heavy (non-hydrogen) atoms. The first-order valence-electron chi connectivity index (χ1n) is 9.07. The Labute approximate surface area is 158 Å². The van der Waals surface area contributed by atoms with Crippen LogP contribution in [0.15, 0.2) is 73.3 Å². The quantitative estimate of drug-likeness (QED) is 0.776. The van der Waals surface area contributed by atoms with Gasteiger partial charge in [-0.3, -0.25) is 0 Å². The van der Waals surface area contributed by atoms with Crippen LogP contribution in [-0.4, -0.2) is 40.2 Å². The van der Waals surface area contributed by atoms with Crippen molar-refractivity contribution in [3.63, 3.8) is 0 Å². The predicted molar refractivity (Wildman–Crippen MR) is 103 cm³/mol. The average molecular weight is 362 g/mol. The van der Waals surface area contributed by atoms with E-state index in [1.807, 2.05) is 70.3 Å². The lowest BCUT2D eigenvalue weighted by molar-refractivity contribution is -0.0154. The number of para-hydroxylation sites is 1. The maximum absolute atomic E-state index is 12.7. The lowest BCUT2D eigenvalue weighted by Gasteiger charge is -2.33. The van der Waals surface area contributed by atoms with Crippen molar-refractivity contribution in [1.29, 1.82) is 0 Å². The molecular formula is C21H22N4O2. The van der Waals surface area contributed by atoms with Crippen LogP contribution in [0.2, 0.25) is 0 Å². The van der Waals surface area contributed by atoms with Crippen molar-refractivity contribution in [2.45, 2.75) is 12.6 Å². The number of urea groups is 1. The molecule has 6 heteroatoms. The monoisotopic (exact) mass is 362 g/mol. The molecule has 1 aliphatic heterocycles. The second-order valence-electron chi connectivity index (χ2n) is 6.47. The van der Waals surface area contributed by atoms with Gasteiger partial charge in [-0.25, -0.2) is 9.78 Å². The molecule has 1 atom stereocenters. The number of aromatic nitrogens is 2. The fraction of sp³-hybridized carbons (Fsp3) is 0.238. The molecule has 4 rings (SSSR count). The molecule has 1 saturated heterocycles. The van der Waals surface area contributed by atoms with E-state index in [2.05, 4.69) is 10.3 Å². The van der Waals surface area contributed by atoms with E-state index in [9.17, 15) is 4.79 Å². The van der Waals surface area contributed by atoms with Gasteiger partial charge < -0.3 is 19.5 Å². The zero-order valence-electron chi connectivity index (χ0n) is 15.0. The Kier molecular flexibility index (Phi) is 5.16. The Morgan fingerprint density at radius 1 is 1.15 bits per heavy atom. The van der Waals surface area contributed by atoms with Gasteiger partial charge in [-0.2, -0.15) is 0 Å². The van der Waals surface area contributed by atoms with Crippen LogP contribution in [0, 0.1) is 0 Å². The number of imidazole rings is 1. The summed E-state index contributed by atoms with van der Waals surface area (Å²) in [6, 6.07) is 17.9. The Morgan fingerprint density at radius 3 is 2.78 bits per heavy atom. The summed E-state index contributed by atoms with van der Waals surface area (Å²) in [6.45, 7) is 2.15. The molecule has 2 aromatic carbocycles. The van der Waals surface area contributed by atoms with Gasteiger partial charge in [0.15, 0.2) is 0 Å². The average Bonchev–Trinajstić information content (AvgIpc) is 3.28. The van der Waals surface area contributed by atoms with Crippen LogP contribution in [0.4, 0.5) is 4.79 Å². The van der Waals surface area contributed by atoms with Gasteiger partial charge in [0.25, 0.3) is 0 Å². The highest BCUT2D eigenvalue weighted by Crippen LogP contribution is 2.22. The molecule has 0 radical (unpaired) electrons. The van der Waals surface area contributed by atoms with Crippen LogP contribution in [0.25, 0.3) is 5.69 Å². The summed E-state index contributed by atoms with van der Waals surface area (Å²) in [7, 11) is 0. The van der Waals surface area contributed by atoms with E-state index in [-0.39, 0.29) is 12.1 Å². The van der Waals surface area contributed by atoms with Crippen molar-refractivity contribution >= 4 is 6.03 Å². The molecule has 3 aromatic rings. The lowest BCUT2D eigenvalue weighted by Crippen LogP contribution is -2.47. The van der Waals surface area contributed by atoms with E-state index < -0.39 is 0 Å². The number of hydrogen-bond acceptors (Lipinski definition) is 3. The Bertz CT molecular complexity index is 880.